The fourth-order valence-corrected chi connectivity index (χ4v) is 6.04. The van der Waals surface area contributed by atoms with Gasteiger partial charge in [-0.15, -0.1) is 11.8 Å². The van der Waals surface area contributed by atoms with Gasteiger partial charge >= 0.3 is 0 Å². The first-order chi connectivity index (χ1) is 16.5. The summed E-state index contributed by atoms with van der Waals surface area (Å²) in [5.41, 5.74) is 2.11. The van der Waals surface area contributed by atoms with E-state index in [-0.39, 0.29) is 22.9 Å². The highest BCUT2D eigenvalue weighted by atomic mass is 32.2. The summed E-state index contributed by atoms with van der Waals surface area (Å²) >= 11 is 1.66. The van der Waals surface area contributed by atoms with Crippen molar-refractivity contribution in [1.82, 2.24) is 4.90 Å². The molecule has 3 aromatic carbocycles. The number of likely N-dealkylation sites (tertiary alicyclic amines) is 1. The molecular formula is C28H31NO4S. The normalized spacial score (nSPS) is 24.4. The summed E-state index contributed by atoms with van der Waals surface area (Å²) in [6.45, 7) is 8.58. The molecule has 2 aliphatic rings. The van der Waals surface area contributed by atoms with Crippen LogP contribution in [-0.4, -0.2) is 41.4 Å². The van der Waals surface area contributed by atoms with Gasteiger partial charge in [0.2, 0.25) is 0 Å². The molecule has 5 rings (SSSR count). The van der Waals surface area contributed by atoms with Crippen molar-refractivity contribution in [3.63, 3.8) is 0 Å². The molecular weight excluding hydrogens is 446 g/mol. The molecule has 5 nitrogen and oxygen atoms in total. The Morgan fingerprint density at radius 1 is 0.882 bits per heavy atom. The molecule has 0 radical (unpaired) electrons. The van der Waals surface area contributed by atoms with E-state index in [1.807, 2.05) is 30.3 Å². The highest BCUT2D eigenvalue weighted by molar-refractivity contribution is 7.99. The van der Waals surface area contributed by atoms with Crippen molar-refractivity contribution in [3.05, 3.63) is 77.9 Å². The lowest BCUT2D eigenvalue weighted by atomic mass is 10.00. The van der Waals surface area contributed by atoms with E-state index >= 15 is 0 Å². The van der Waals surface area contributed by atoms with Crippen LogP contribution in [-0.2, 0) is 0 Å². The van der Waals surface area contributed by atoms with Gasteiger partial charge in [0.25, 0.3) is 0 Å². The van der Waals surface area contributed by atoms with Crippen LogP contribution in [0.3, 0.4) is 0 Å². The summed E-state index contributed by atoms with van der Waals surface area (Å²) in [5, 5.41) is 19.7. The monoisotopic (exact) mass is 477 g/mol. The number of hydrogen-bond donors (Lipinski definition) is 2. The van der Waals surface area contributed by atoms with Crippen molar-refractivity contribution in [1.29, 1.82) is 0 Å². The minimum absolute atomic E-state index is 0.0270. The Hall–Kier alpha value is -2.83. The third kappa shape index (κ3) is 4.98. The van der Waals surface area contributed by atoms with Gasteiger partial charge < -0.3 is 19.7 Å². The molecule has 3 aromatic rings. The maximum atomic E-state index is 9.94. The van der Waals surface area contributed by atoms with Crippen LogP contribution < -0.4 is 9.47 Å². The number of aromatic hydroxyl groups is 2. The standard InChI is InChI=1S/C28H31NO4S/c1-18-16-29(17-19(18)2)13-14-32-24-10-5-20(6-11-24)27-28(21-3-7-22(30)8-4-21)34-26-15-23(31)9-12-25(26)33-27/h3-12,15,18-19,27-28,30-31H,13-14,16-17H2,1-2H3/t18-,19+,27-,28+/m0/s1. The average Bonchev–Trinajstić information content (AvgIpc) is 3.16. The highest BCUT2D eigenvalue weighted by Gasteiger charge is 2.33. The quantitative estimate of drug-likeness (QED) is 0.452. The predicted octanol–water partition coefficient (Wildman–Crippen LogP) is 6.03. The van der Waals surface area contributed by atoms with Gasteiger partial charge in [0, 0.05) is 19.6 Å². The second-order valence-electron chi connectivity index (χ2n) is 9.43. The fourth-order valence-electron chi connectivity index (χ4n) is 4.71. The minimum Gasteiger partial charge on any atom is -0.508 e. The molecule has 0 spiro atoms. The first kappa shape index (κ1) is 22.9. The summed E-state index contributed by atoms with van der Waals surface area (Å²) in [6, 6.07) is 20.6. The third-order valence-corrected chi connectivity index (χ3v) is 8.23. The largest absolute Gasteiger partial charge is 0.508 e. The van der Waals surface area contributed by atoms with E-state index in [1.54, 1.807) is 36.0 Å². The second kappa shape index (κ2) is 9.80. The zero-order valence-electron chi connectivity index (χ0n) is 19.6. The van der Waals surface area contributed by atoms with E-state index in [9.17, 15) is 10.2 Å². The van der Waals surface area contributed by atoms with Gasteiger partial charge in [0.1, 0.15) is 35.7 Å². The van der Waals surface area contributed by atoms with Crippen LogP contribution in [0, 0.1) is 11.8 Å². The third-order valence-electron chi connectivity index (χ3n) is 6.88. The van der Waals surface area contributed by atoms with Gasteiger partial charge in [0.15, 0.2) is 0 Å². The number of phenols is 2. The van der Waals surface area contributed by atoms with Crippen LogP contribution in [0.25, 0.3) is 0 Å². The van der Waals surface area contributed by atoms with Crippen LogP contribution in [0.4, 0.5) is 0 Å². The molecule has 34 heavy (non-hydrogen) atoms. The van der Waals surface area contributed by atoms with Crippen LogP contribution in [0.15, 0.2) is 71.6 Å². The zero-order chi connectivity index (χ0) is 23.7. The summed E-state index contributed by atoms with van der Waals surface area (Å²) in [7, 11) is 0. The number of hydrogen-bond acceptors (Lipinski definition) is 6. The molecule has 2 N–H and O–H groups in total. The molecule has 2 aliphatic heterocycles. The lowest BCUT2D eigenvalue weighted by Gasteiger charge is -2.34. The lowest BCUT2D eigenvalue weighted by Crippen LogP contribution is -2.26. The number of phenolic OH excluding ortho intramolecular Hbond substituents is 2. The maximum Gasteiger partial charge on any atom is 0.140 e. The summed E-state index contributed by atoms with van der Waals surface area (Å²) in [6.07, 6.45) is -0.215. The van der Waals surface area contributed by atoms with Crippen molar-refractivity contribution in [2.45, 2.75) is 30.1 Å². The first-order valence-corrected chi connectivity index (χ1v) is 12.7. The molecule has 1 saturated heterocycles. The van der Waals surface area contributed by atoms with E-state index in [0.717, 1.165) is 59.0 Å². The predicted molar refractivity (Wildman–Crippen MR) is 135 cm³/mol. The number of fused-ring (bicyclic) bond motifs is 1. The van der Waals surface area contributed by atoms with Crippen molar-refractivity contribution >= 4 is 11.8 Å². The smallest absolute Gasteiger partial charge is 0.140 e. The van der Waals surface area contributed by atoms with Gasteiger partial charge in [-0.2, -0.15) is 0 Å². The SMILES string of the molecule is C[C@@H]1CN(CCOc2ccc([C@@H]3Oc4ccc(O)cc4S[C@@H]3c3ccc(O)cc3)cc2)C[C@@H]1C. The van der Waals surface area contributed by atoms with Crippen molar-refractivity contribution in [2.24, 2.45) is 11.8 Å². The van der Waals surface area contributed by atoms with Gasteiger partial charge in [-0.1, -0.05) is 38.1 Å². The maximum absolute atomic E-state index is 9.94. The summed E-state index contributed by atoms with van der Waals surface area (Å²) in [4.78, 5) is 3.38. The number of nitrogens with zero attached hydrogens (tertiary/aromatic N) is 1. The molecule has 0 bridgehead atoms. The highest BCUT2D eigenvalue weighted by Crippen LogP contribution is 2.54. The van der Waals surface area contributed by atoms with Crippen LogP contribution in [0.1, 0.15) is 36.3 Å². The second-order valence-corrected chi connectivity index (χ2v) is 10.6. The minimum atomic E-state index is -0.215. The molecule has 1 fully saturated rings. The number of ether oxygens (including phenoxy) is 2. The number of thioether (sulfide) groups is 1. The first-order valence-electron chi connectivity index (χ1n) is 11.9. The zero-order valence-corrected chi connectivity index (χ0v) is 20.4. The Kier molecular flexibility index (Phi) is 6.61. The van der Waals surface area contributed by atoms with E-state index < -0.39 is 0 Å². The van der Waals surface area contributed by atoms with E-state index in [4.69, 9.17) is 9.47 Å². The lowest BCUT2D eigenvalue weighted by molar-refractivity contribution is 0.190. The van der Waals surface area contributed by atoms with E-state index in [1.165, 1.54) is 0 Å². The Morgan fingerprint density at radius 3 is 2.24 bits per heavy atom. The van der Waals surface area contributed by atoms with Crippen LogP contribution in [0.2, 0.25) is 0 Å². The van der Waals surface area contributed by atoms with Gasteiger partial charge in [-0.05, 0) is 65.4 Å². The molecule has 178 valence electrons. The van der Waals surface area contributed by atoms with Crippen LogP contribution in [0.5, 0.6) is 23.0 Å². The summed E-state index contributed by atoms with van der Waals surface area (Å²) in [5.74, 6) is 3.58. The Balaban J connectivity index is 1.31. The molecule has 2 heterocycles. The van der Waals surface area contributed by atoms with E-state index in [0.29, 0.717) is 6.61 Å². The molecule has 0 amide bonds. The van der Waals surface area contributed by atoms with E-state index in [2.05, 4.69) is 30.9 Å². The van der Waals surface area contributed by atoms with Gasteiger partial charge in [-0.3, -0.25) is 4.90 Å². The molecule has 6 heteroatoms. The van der Waals surface area contributed by atoms with Gasteiger partial charge in [0.05, 0.1) is 10.1 Å². The van der Waals surface area contributed by atoms with Crippen molar-refractivity contribution in [2.75, 3.05) is 26.2 Å². The Bertz CT molecular complexity index is 1110. The molecule has 4 atom stereocenters. The topological polar surface area (TPSA) is 62.2 Å². The Labute approximate surface area is 205 Å². The van der Waals surface area contributed by atoms with Crippen molar-refractivity contribution in [3.8, 4) is 23.0 Å². The van der Waals surface area contributed by atoms with Crippen LogP contribution >= 0.6 is 11.8 Å². The van der Waals surface area contributed by atoms with Crippen molar-refractivity contribution < 1.29 is 19.7 Å². The fraction of sp³-hybridized carbons (Fsp3) is 0.357. The van der Waals surface area contributed by atoms with Gasteiger partial charge in [-0.25, -0.2) is 0 Å². The summed E-state index contributed by atoms with van der Waals surface area (Å²) < 4.78 is 12.5. The molecule has 0 unspecified atom stereocenters. The average molecular weight is 478 g/mol. The molecule has 0 aliphatic carbocycles. The number of benzene rings is 3. The molecule has 0 saturated carbocycles. The Morgan fingerprint density at radius 2 is 1.53 bits per heavy atom. The molecule has 0 aromatic heterocycles. The number of rotatable bonds is 6.